The zero-order chi connectivity index (χ0) is 25.4. The molecule has 186 valence electrons. The van der Waals surface area contributed by atoms with Crippen LogP contribution in [0, 0.1) is 0 Å². The molecule has 5 unspecified atom stereocenters. The molecule has 0 aliphatic carbocycles. The lowest BCUT2D eigenvalue weighted by Crippen LogP contribution is -2.58. The van der Waals surface area contributed by atoms with Gasteiger partial charge in [0.1, 0.15) is 12.1 Å². The maximum Gasteiger partial charge on any atom is 0.328 e. The van der Waals surface area contributed by atoms with E-state index in [1.165, 1.54) is 11.8 Å². The fourth-order valence-electron chi connectivity index (χ4n) is 3.78. The number of aliphatic hydroxyl groups excluding tert-OH is 1. The van der Waals surface area contributed by atoms with Crippen LogP contribution in [0.25, 0.3) is 0 Å². The number of carboxylic acid groups (broad SMARTS) is 1. The third-order valence-corrected chi connectivity index (χ3v) is 5.54. The number of carboxylic acids is 1. The van der Waals surface area contributed by atoms with Gasteiger partial charge in [0.05, 0.1) is 18.6 Å². The lowest BCUT2D eigenvalue weighted by Gasteiger charge is -2.30. The van der Waals surface area contributed by atoms with Crippen LogP contribution in [0.1, 0.15) is 31.7 Å². The number of nitrogens with zero attached hydrogens (tertiary/aromatic N) is 1. The van der Waals surface area contributed by atoms with Crippen LogP contribution in [0.15, 0.2) is 30.3 Å². The highest BCUT2D eigenvalue weighted by molar-refractivity contribution is 5.96. The lowest BCUT2D eigenvalue weighted by molar-refractivity contribution is -0.147. The predicted octanol–water partition coefficient (Wildman–Crippen LogP) is -2.14. The molecule has 8 N–H and O–H groups in total. The van der Waals surface area contributed by atoms with E-state index in [-0.39, 0.29) is 19.4 Å². The topological polar surface area (TPSA) is 205 Å². The summed E-state index contributed by atoms with van der Waals surface area (Å²) >= 11 is 0. The molecule has 1 saturated heterocycles. The molecule has 2 rings (SSSR count). The lowest BCUT2D eigenvalue weighted by atomic mass is 10.0. The molecule has 1 aliphatic rings. The van der Waals surface area contributed by atoms with Gasteiger partial charge in [-0.1, -0.05) is 30.3 Å². The van der Waals surface area contributed by atoms with Crippen molar-refractivity contribution < 1.29 is 34.2 Å². The Morgan fingerprint density at radius 2 is 1.79 bits per heavy atom. The van der Waals surface area contributed by atoms with E-state index < -0.39 is 66.3 Å². The maximum atomic E-state index is 13.2. The van der Waals surface area contributed by atoms with Crippen LogP contribution in [-0.4, -0.2) is 81.5 Å². The predicted molar refractivity (Wildman–Crippen MR) is 120 cm³/mol. The molecule has 12 heteroatoms. The van der Waals surface area contributed by atoms with Crippen molar-refractivity contribution in [1.29, 1.82) is 0 Å². The van der Waals surface area contributed by atoms with Gasteiger partial charge in [0, 0.05) is 6.54 Å². The minimum Gasteiger partial charge on any atom is -0.480 e. The quantitative estimate of drug-likeness (QED) is 0.207. The minimum atomic E-state index is -1.55. The van der Waals surface area contributed by atoms with Crippen molar-refractivity contribution in [3.63, 3.8) is 0 Å². The monoisotopic (exact) mass is 477 g/mol. The van der Waals surface area contributed by atoms with Gasteiger partial charge in [0.25, 0.3) is 0 Å². The first kappa shape index (κ1) is 26.7. The first-order chi connectivity index (χ1) is 16.0. The summed E-state index contributed by atoms with van der Waals surface area (Å²) in [6.45, 7) is 1.37. The van der Waals surface area contributed by atoms with Gasteiger partial charge in [-0.2, -0.15) is 0 Å². The first-order valence-electron chi connectivity index (χ1n) is 10.9. The van der Waals surface area contributed by atoms with Gasteiger partial charge < -0.3 is 37.2 Å². The highest BCUT2D eigenvalue weighted by Crippen LogP contribution is 2.20. The molecule has 1 heterocycles. The minimum absolute atomic E-state index is 0.157. The molecule has 4 amide bonds. The van der Waals surface area contributed by atoms with E-state index in [1.807, 2.05) is 6.07 Å². The molecule has 1 aromatic carbocycles. The van der Waals surface area contributed by atoms with Gasteiger partial charge >= 0.3 is 5.97 Å². The van der Waals surface area contributed by atoms with Crippen LogP contribution in [0.4, 0.5) is 0 Å². The normalized spacial score (nSPS) is 18.9. The van der Waals surface area contributed by atoms with Gasteiger partial charge in [0.2, 0.25) is 23.6 Å². The number of likely N-dealkylation sites (tertiary alicyclic amines) is 1. The number of aliphatic carboxylic acids is 1. The van der Waals surface area contributed by atoms with E-state index in [4.69, 9.17) is 11.5 Å². The Morgan fingerprint density at radius 3 is 2.35 bits per heavy atom. The Kier molecular flexibility index (Phi) is 9.51. The van der Waals surface area contributed by atoms with E-state index in [2.05, 4.69) is 10.6 Å². The Hall–Kier alpha value is -3.51. The molecule has 0 saturated carbocycles. The standard InChI is InChI=1S/C22H31N5O7/c1-12(28)18(22(33)34)26-20(31)16-8-5-9-27(16)21(32)15(11-17(24)29)25-19(30)14(23)10-13-6-3-2-4-7-13/h2-4,6-7,12,14-16,18,28H,5,8-11,23H2,1H3,(H2,24,29)(H,25,30)(H,26,31)(H,33,34). The second-order valence-corrected chi connectivity index (χ2v) is 8.28. The first-order valence-corrected chi connectivity index (χ1v) is 10.9. The Morgan fingerprint density at radius 1 is 1.15 bits per heavy atom. The number of amides is 4. The van der Waals surface area contributed by atoms with Gasteiger partial charge in [-0.25, -0.2) is 4.79 Å². The molecule has 0 bridgehead atoms. The van der Waals surface area contributed by atoms with Crippen LogP contribution in [0.3, 0.4) is 0 Å². The molecule has 34 heavy (non-hydrogen) atoms. The summed E-state index contributed by atoms with van der Waals surface area (Å²) in [6, 6.07) is 4.08. The number of benzene rings is 1. The van der Waals surface area contributed by atoms with E-state index in [9.17, 15) is 34.2 Å². The average Bonchev–Trinajstić information content (AvgIpc) is 3.26. The number of carbonyl (C=O) groups is 5. The van der Waals surface area contributed by atoms with Crippen LogP contribution in [-0.2, 0) is 30.4 Å². The molecule has 5 atom stereocenters. The zero-order valence-corrected chi connectivity index (χ0v) is 18.8. The van der Waals surface area contributed by atoms with Gasteiger partial charge in [0.15, 0.2) is 6.04 Å². The third kappa shape index (κ3) is 7.25. The summed E-state index contributed by atoms with van der Waals surface area (Å²) < 4.78 is 0. The summed E-state index contributed by atoms with van der Waals surface area (Å²) in [5, 5.41) is 23.5. The largest absolute Gasteiger partial charge is 0.480 e. The number of hydrogen-bond acceptors (Lipinski definition) is 7. The Labute approximate surface area is 196 Å². The molecular weight excluding hydrogens is 446 g/mol. The van der Waals surface area contributed by atoms with Crippen molar-refractivity contribution in [3.05, 3.63) is 35.9 Å². The SMILES string of the molecule is CC(O)C(NC(=O)C1CCCN1C(=O)C(CC(N)=O)NC(=O)C(N)Cc1ccccc1)C(=O)O. The second-order valence-electron chi connectivity index (χ2n) is 8.28. The fourth-order valence-corrected chi connectivity index (χ4v) is 3.78. The molecule has 0 radical (unpaired) electrons. The molecule has 1 aliphatic heterocycles. The number of rotatable bonds is 11. The number of primary amides is 1. The number of nitrogens with two attached hydrogens (primary N) is 2. The molecule has 12 nitrogen and oxygen atoms in total. The number of carbonyl (C=O) groups excluding carboxylic acids is 4. The smallest absolute Gasteiger partial charge is 0.328 e. The van der Waals surface area contributed by atoms with Crippen LogP contribution < -0.4 is 22.1 Å². The van der Waals surface area contributed by atoms with Crippen molar-refractivity contribution in [3.8, 4) is 0 Å². The highest BCUT2D eigenvalue weighted by atomic mass is 16.4. The van der Waals surface area contributed by atoms with E-state index in [0.29, 0.717) is 6.42 Å². The van der Waals surface area contributed by atoms with Gasteiger partial charge in [-0.3, -0.25) is 19.2 Å². The Bertz CT molecular complexity index is 908. The van der Waals surface area contributed by atoms with E-state index in [1.54, 1.807) is 24.3 Å². The number of aliphatic hydroxyl groups is 1. The molecular formula is C22H31N5O7. The summed E-state index contributed by atoms with van der Waals surface area (Å²) in [6.07, 6.45) is -0.969. The van der Waals surface area contributed by atoms with Crippen LogP contribution >= 0.6 is 0 Å². The van der Waals surface area contributed by atoms with Crippen molar-refractivity contribution in [2.24, 2.45) is 11.5 Å². The van der Waals surface area contributed by atoms with Gasteiger partial charge in [-0.15, -0.1) is 0 Å². The zero-order valence-electron chi connectivity index (χ0n) is 18.8. The molecule has 0 aromatic heterocycles. The third-order valence-electron chi connectivity index (χ3n) is 5.54. The second kappa shape index (κ2) is 12.1. The van der Waals surface area contributed by atoms with Crippen molar-refractivity contribution >= 4 is 29.6 Å². The molecule has 0 spiro atoms. The van der Waals surface area contributed by atoms with E-state index in [0.717, 1.165) is 5.56 Å². The van der Waals surface area contributed by atoms with Crippen molar-refractivity contribution in [2.75, 3.05) is 6.54 Å². The fraction of sp³-hybridized carbons (Fsp3) is 0.500. The van der Waals surface area contributed by atoms with Crippen LogP contribution in [0.2, 0.25) is 0 Å². The van der Waals surface area contributed by atoms with E-state index >= 15 is 0 Å². The maximum absolute atomic E-state index is 13.2. The highest BCUT2D eigenvalue weighted by Gasteiger charge is 2.40. The summed E-state index contributed by atoms with van der Waals surface area (Å²) in [7, 11) is 0. The summed E-state index contributed by atoms with van der Waals surface area (Å²) in [5.74, 6) is -4.39. The summed E-state index contributed by atoms with van der Waals surface area (Å²) in [4.78, 5) is 62.5. The Balaban J connectivity index is 2.11. The van der Waals surface area contributed by atoms with Crippen molar-refractivity contribution in [2.45, 2.75) is 62.9 Å². The molecule has 1 aromatic rings. The number of nitrogens with one attached hydrogen (secondary N) is 2. The summed E-state index contributed by atoms with van der Waals surface area (Å²) in [5.41, 5.74) is 12.1. The molecule has 1 fully saturated rings. The van der Waals surface area contributed by atoms with Crippen LogP contribution in [0.5, 0.6) is 0 Å². The number of hydrogen-bond donors (Lipinski definition) is 6. The average molecular weight is 478 g/mol. The van der Waals surface area contributed by atoms with Crippen molar-refractivity contribution in [1.82, 2.24) is 15.5 Å². The van der Waals surface area contributed by atoms with Gasteiger partial charge in [-0.05, 0) is 31.7 Å².